The van der Waals surface area contributed by atoms with Gasteiger partial charge in [0, 0.05) is 19.0 Å². The van der Waals surface area contributed by atoms with Crippen LogP contribution in [0.4, 0.5) is 10.5 Å². The van der Waals surface area contributed by atoms with E-state index in [1.807, 2.05) is 23.1 Å². The Kier molecular flexibility index (Phi) is 4.55. The molecule has 6 heteroatoms. The zero-order chi connectivity index (χ0) is 18.1. The minimum Gasteiger partial charge on any atom is -0.342 e. The standard InChI is InChI=1S/C20H21ClN4O/c1-13-6-7-17-18(12-13)23-19(22-17)14-8-10-25(11-9-14)20(26)24-16-5-3-2-4-15(16)21/h2-7,12,14H,8-11H2,1H3,(H,22,23)(H,24,26). The second-order valence-corrected chi connectivity index (χ2v) is 7.22. The Bertz CT molecular complexity index is 944. The number of aromatic amines is 1. The van der Waals surface area contributed by atoms with Gasteiger partial charge in [0.15, 0.2) is 0 Å². The molecule has 0 atom stereocenters. The van der Waals surface area contributed by atoms with Gasteiger partial charge < -0.3 is 15.2 Å². The minimum absolute atomic E-state index is 0.100. The number of carbonyl (C=O) groups is 1. The predicted molar refractivity (Wildman–Crippen MR) is 105 cm³/mol. The Morgan fingerprint density at radius 1 is 1.23 bits per heavy atom. The Morgan fingerprint density at radius 3 is 2.77 bits per heavy atom. The molecule has 0 bridgehead atoms. The highest BCUT2D eigenvalue weighted by Crippen LogP contribution is 2.29. The number of aromatic nitrogens is 2. The molecule has 3 aromatic rings. The first-order valence-electron chi connectivity index (χ1n) is 8.87. The van der Waals surface area contributed by atoms with Crippen molar-refractivity contribution in [3.8, 4) is 0 Å². The third kappa shape index (κ3) is 3.40. The van der Waals surface area contributed by atoms with Crippen molar-refractivity contribution in [3.05, 3.63) is 58.9 Å². The van der Waals surface area contributed by atoms with Crippen LogP contribution < -0.4 is 5.32 Å². The van der Waals surface area contributed by atoms with Gasteiger partial charge in [-0.15, -0.1) is 0 Å². The summed E-state index contributed by atoms with van der Waals surface area (Å²) in [6.45, 7) is 3.49. The number of anilines is 1. The van der Waals surface area contributed by atoms with E-state index in [1.54, 1.807) is 6.07 Å². The molecular formula is C20H21ClN4O. The number of para-hydroxylation sites is 1. The summed E-state index contributed by atoms with van der Waals surface area (Å²) < 4.78 is 0. The minimum atomic E-state index is -0.100. The molecule has 0 spiro atoms. The van der Waals surface area contributed by atoms with Gasteiger partial charge in [0.1, 0.15) is 5.82 Å². The van der Waals surface area contributed by atoms with E-state index < -0.39 is 0 Å². The second-order valence-electron chi connectivity index (χ2n) is 6.81. The summed E-state index contributed by atoms with van der Waals surface area (Å²) in [7, 11) is 0. The predicted octanol–water partition coefficient (Wildman–Crippen LogP) is 4.94. The molecule has 1 aromatic heterocycles. The number of likely N-dealkylation sites (tertiary alicyclic amines) is 1. The zero-order valence-corrected chi connectivity index (χ0v) is 15.4. The number of hydrogen-bond donors (Lipinski definition) is 2. The van der Waals surface area contributed by atoms with Crippen LogP contribution in [-0.4, -0.2) is 34.0 Å². The van der Waals surface area contributed by atoms with Gasteiger partial charge in [-0.05, 0) is 49.6 Å². The zero-order valence-electron chi connectivity index (χ0n) is 14.6. The molecule has 1 aliphatic rings. The molecular weight excluding hydrogens is 348 g/mol. The van der Waals surface area contributed by atoms with E-state index in [4.69, 9.17) is 16.6 Å². The lowest BCUT2D eigenvalue weighted by atomic mass is 9.96. The number of carbonyl (C=O) groups excluding carboxylic acids is 1. The molecule has 0 aliphatic carbocycles. The summed E-state index contributed by atoms with van der Waals surface area (Å²) in [5, 5.41) is 3.44. The lowest BCUT2D eigenvalue weighted by Gasteiger charge is -2.31. The number of hydrogen-bond acceptors (Lipinski definition) is 2. The number of benzene rings is 2. The Balaban J connectivity index is 1.40. The number of halogens is 1. The fourth-order valence-corrected chi connectivity index (χ4v) is 3.63. The van der Waals surface area contributed by atoms with E-state index in [0.29, 0.717) is 29.7 Å². The van der Waals surface area contributed by atoms with Crippen molar-refractivity contribution in [2.45, 2.75) is 25.7 Å². The highest BCUT2D eigenvalue weighted by Gasteiger charge is 2.26. The summed E-state index contributed by atoms with van der Waals surface area (Å²) in [6, 6.07) is 13.4. The number of H-pyrrole nitrogens is 1. The van der Waals surface area contributed by atoms with Crippen LogP contribution in [0.25, 0.3) is 11.0 Å². The van der Waals surface area contributed by atoms with Crippen LogP contribution >= 0.6 is 11.6 Å². The summed E-state index contributed by atoms with van der Waals surface area (Å²) >= 11 is 6.11. The van der Waals surface area contributed by atoms with Crippen molar-refractivity contribution in [2.24, 2.45) is 0 Å². The molecule has 5 nitrogen and oxygen atoms in total. The maximum Gasteiger partial charge on any atom is 0.321 e. The molecule has 1 saturated heterocycles. The molecule has 0 saturated carbocycles. The molecule has 2 N–H and O–H groups in total. The third-order valence-corrected chi connectivity index (χ3v) is 5.27. The average molecular weight is 369 g/mol. The molecule has 134 valence electrons. The van der Waals surface area contributed by atoms with Gasteiger partial charge >= 0.3 is 6.03 Å². The number of rotatable bonds is 2. The van der Waals surface area contributed by atoms with Crippen molar-refractivity contribution in [2.75, 3.05) is 18.4 Å². The molecule has 1 fully saturated rings. The number of urea groups is 1. The number of fused-ring (bicyclic) bond motifs is 1. The van der Waals surface area contributed by atoms with Crippen LogP contribution in [-0.2, 0) is 0 Å². The average Bonchev–Trinajstić information content (AvgIpc) is 3.07. The number of nitrogens with one attached hydrogen (secondary N) is 2. The van der Waals surface area contributed by atoms with Gasteiger partial charge in [-0.3, -0.25) is 0 Å². The van der Waals surface area contributed by atoms with Crippen LogP contribution in [0, 0.1) is 6.92 Å². The van der Waals surface area contributed by atoms with Crippen LogP contribution in [0.5, 0.6) is 0 Å². The largest absolute Gasteiger partial charge is 0.342 e. The van der Waals surface area contributed by atoms with Crippen LogP contribution in [0.1, 0.15) is 30.1 Å². The number of nitrogens with zero attached hydrogens (tertiary/aromatic N) is 2. The van der Waals surface area contributed by atoms with Gasteiger partial charge in [-0.25, -0.2) is 9.78 Å². The van der Waals surface area contributed by atoms with Crippen LogP contribution in [0.15, 0.2) is 42.5 Å². The lowest BCUT2D eigenvalue weighted by Crippen LogP contribution is -2.40. The van der Waals surface area contributed by atoms with Gasteiger partial charge in [-0.2, -0.15) is 0 Å². The molecule has 2 amide bonds. The molecule has 2 aromatic carbocycles. The third-order valence-electron chi connectivity index (χ3n) is 4.94. The van der Waals surface area contributed by atoms with E-state index >= 15 is 0 Å². The molecule has 2 heterocycles. The molecule has 1 aliphatic heterocycles. The van der Waals surface area contributed by atoms with Crippen molar-refractivity contribution < 1.29 is 4.79 Å². The maximum atomic E-state index is 12.5. The van der Waals surface area contributed by atoms with E-state index in [1.165, 1.54) is 5.56 Å². The highest BCUT2D eigenvalue weighted by molar-refractivity contribution is 6.33. The molecule has 4 rings (SSSR count). The van der Waals surface area contributed by atoms with E-state index in [-0.39, 0.29) is 6.03 Å². The van der Waals surface area contributed by atoms with E-state index in [9.17, 15) is 4.79 Å². The van der Waals surface area contributed by atoms with E-state index in [0.717, 1.165) is 29.7 Å². The number of aryl methyl sites for hydroxylation is 1. The number of amides is 2. The smallest absolute Gasteiger partial charge is 0.321 e. The van der Waals surface area contributed by atoms with Crippen LogP contribution in [0.3, 0.4) is 0 Å². The fourth-order valence-electron chi connectivity index (χ4n) is 3.45. The topological polar surface area (TPSA) is 61.0 Å². The Labute approximate surface area is 157 Å². The van der Waals surface area contributed by atoms with Crippen molar-refractivity contribution in [1.29, 1.82) is 0 Å². The Hall–Kier alpha value is -2.53. The first-order chi connectivity index (χ1) is 12.6. The highest BCUT2D eigenvalue weighted by atomic mass is 35.5. The van der Waals surface area contributed by atoms with E-state index in [2.05, 4.69) is 35.4 Å². The molecule has 0 radical (unpaired) electrons. The summed E-state index contributed by atoms with van der Waals surface area (Å²) in [5.74, 6) is 1.38. The SMILES string of the molecule is Cc1ccc2nc(C3CCN(C(=O)Nc4ccccc4Cl)CC3)[nH]c2c1. The summed E-state index contributed by atoms with van der Waals surface area (Å²) in [5.41, 5.74) is 3.95. The monoisotopic (exact) mass is 368 g/mol. The van der Waals surface area contributed by atoms with Gasteiger partial charge in [0.25, 0.3) is 0 Å². The fraction of sp³-hybridized carbons (Fsp3) is 0.300. The van der Waals surface area contributed by atoms with Crippen molar-refractivity contribution in [3.63, 3.8) is 0 Å². The molecule has 26 heavy (non-hydrogen) atoms. The number of piperidine rings is 1. The normalized spacial score (nSPS) is 15.4. The first-order valence-corrected chi connectivity index (χ1v) is 9.24. The molecule has 0 unspecified atom stereocenters. The summed E-state index contributed by atoms with van der Waals surface area (Å²) in [4.78, 5) is 22.5. The van der Waals surface area contributed by atoms with Crippen molar-refractivity contribution >= 4 is 34.4 Å². The lowest BCUT2D eigenvalue weighted by molar-refractivity contribution is 0.193. The van der Waals surface area contributed by atoms with Gasteiger partial charge in [0.2, 0.25) is 0 Å². The van der Waals surface area contributed by atoms with Gasteiger partial charge in [0.05, 0.1) is 21.7 Å². The quantitative estimate of drug-likeness (QED) is 0.673. The summed E-state index contributed by atoms with van der Waals surface area (Å²) in [6.07, 6.45) is 1.80. The van der Waals surface area contributed by atoms with Crippen molar-refractivity contribution in [1.82, 2.24) is 14.9 Å². The Morgan fingerprint density at radius 2 is 2.00 bits per heavy atom. The maximum absolute atomic E-state index is 12.5. The first kappa shape index (κ1) is 16.9. The van der Waals surface area contributed by atoms with Gasteiger partial charge in [-0.1, -0.05) is 29.8 Å². The van der Waals surface area contributed by atoms with Crippen LogP contribution in [0.2, 0.25) is 5.02 Å². The number of imidazole rings is 1. The second kappa shape index (κ2) is 7.00.